The van der Waals surface area contributed by atoms with Crippen LogP contribution in [0.2, 0.25) is 0 Å². The lowest BCUT2D eigenvalue weighted by atomic mass is 10.0. The van der Waals surface area contributed by atoms with Crippen molar-refractivity contribution >= 4 is 29.9 Å². The number of anilines is 1. The molecule has 2 saturated heterocycles. The number of carboxylic acid groups (broad SMARTS) is 1. The minimum absolute atomic E-state index is 0.0317. The Morgan fingerprint density at radius 2 is 1.67 bits per heavy atom. The summed E-state index contributed by atoms with van der Waals surface area (Å²) in [6.07, 6.45) is -0.333. The van der Waals surface area contributed by atoms with E-state index in [1.807, 2.05) is 25.7 Å². The number of rotatable bonds is 10. The number of carbonyl (C=O) groups is 4. The van der Waals surface area contributed by atoms with E-state index in [-0.39, 0.29) is 47.4 Å². The highest BCUT2D eigenvalue weighted by Gasteiger charge is 2.59. The minimum atomic E-state index is -1.30. The smallest absolute Gasteiger partial charge is 0.450 e. The van der Waals surface area contributed by atoms with Gasteiger partial charge in [-0.2, -0.15) is 0 Å². The van der Waals surface area contributed by atoms with Crippen LogP contribution in [0.3, 0.4) is 0 Å². The first kappa shape index (κ1) is 31.9. The minimum Gasteiger partial charge on any atom is -0.450 e. The fraction of sp³-hybridized carbons (Fsp3) is 0.548. The molecular formula is C31H39FN6O7. The van der Waals surface area contributed by atoms with Crippen LogP contribution in [0.5, 0.6) is 0 Å². The summed E-state index contributed by atoms with van der Waals surface area (Å²) in [5, 5.41) is 11.8. The first-order valence-corrected chi connectivity index (χ1v) is 15.4. The van der Waals surface area contributed by atoms with Crippen molar-refractivity contribution in [3.8, 4) is 11.4 Å². The molecule has 1 aromatic carbocycles. The van der Waals surface area contributed by atoms with E-state index in [1.54, 1.807) is 15.9 Å². The number of carbonyl (C=O) groups excluding carboxylic acids is 3. The van der Waals surface area contributed by atoms with E-state index in [0.717, 1.165) is 12.8 Å². The quantitative estimate of drug-likeness (QED) is 0.297. The second-order valence-corrected chi connectivity index (χ2v) is 12.0. The zero-order valence-corrected chi connectivity index (χ0v) is 25.6. The summed E-state index contributed by atoms with van der Waals surface area (Å²) in [6.45, 7) is 8.35. The summed E-state index contributed by atoms with van der Waals surface area (Å²) in [7, 11) is 0. The molecule has 3 aliphatic rings. The van der Waals surface area contributed by atoms with Gasteiger partial charge in [-0.25, -0.2) is 23.9 Å². The first-order chi connectivity index (χ1) is 21.5. The Kier molecular flexibility index (Phi) is 9.68. The van der Waals surface area contributed by atoms with Crippen molar-refractivity contribution in [2.45, 2.75) is 45.8 Å². The summed E-state index contributed by atoms with van der Waals surface area (Å²) in [4.78, 5) is 64.8. The molecule has 5 rings (SSSR count). The van der Waals surface area contributed by atoms with E-state index in [1.165, 1.54) is 24.3 Å². The topological polar surface area (TPSA) is 154 Å². The highest BCUT2D eigenvalue weighted by atomic mass is 19.1. The lowest BCUT2D eigenvalue weighted by Gasteiger charge is -2.36. The second-order valence-electron chi connectivity index (χ2n) is 12.0. The molecule has 2 aliphatic heterocycles. The third kappa shape index (κ3) is 7.43. The van der Waals surface area contributed by atoms with Gasteiger partial charge in [-0.15, -0.1) is 0 Å². The molecule has 2 N–H and O–H groups in total. The standard InChI is InChI=1S/C31H39FN6O7/c1-4-5-14-44-30(41)37-12-10-36(11-13-37)29(40)25(18(2)3)35-28(39)23-15-24(34-27(33-23)19-6-8-20(32)9-7-19)38-16-21-22(17-38)26(21)45-31(42)43/h6-9,15,18,21-22,25-26H,4-5,10-14,16-17H2,1-3H3,(H,35,39)(H,42,43)/t21-,22+,25-,26?/m0/s1. The molecule has 3 amide bonds. The maximum Gasteiger partial charge on any atom is 0.506 e. The maximum atomic E-state index is 13.7. The highest BCUT2D eigenvalue weighted by molar-refractivity contribution is 5.97. The molecule has 0 radical (unpaired) electrons. The highest BCUT2D eigenvalue weighted by Crippen LogP contribution is 2.48. The van der Waals surface area contributed by atoms with Gasteiger partial charge >= 0.3 is 12.2 Å². The van der Waals surface area contributed by atoms with Crippen LogP contribution in [0, 0.1) is 23.6 Å². The number of hydrogen-bond acceptors (Lipinski definition) is 9. The van der Waals surface area contributed by atoms with Crippen molar-refractivity contribution < 1.29 is 38.1 Å². The van der Waals surface area contributed by atoms with Crippen LogP contribution in [-0.2, 0) is 14.3 Å². The summed E-state index contributed by atoms with van der Waals surface area (Å²) in [5.41, 5.74) is 0.544. The zero-order chi connectivity index (χ0) is 32.2. The van der Waals surface area contributed by atoms with Crippen molar-refractivity contribution in [3.05, 3.63) is 41.8 Å². The van der Waals surface area contributed by atoms with Gasteiger partial charge in [-0.3, -0.25) is 9.59 Å². The van der Waals surface area contributed by atoms with E-state index in [9.17, 15) is 23.6 Å². The molecular weight excluding hydrogens is 587 g/mol. The predicted molar refractivity (Wildman–Crippen MR) is 160 cm³/mol. The van der Waals surface area contributed by atoms with Gasteiger partial charge < -0.3 is 34.6 Å². The number of benzene rings is 1. The molecule has 0 spiro atoms. The van der Waals surface area contributed by atoms with Crippen LogP contribution in [0.1, 0.15) is 44.1 Å². The molecule has 3 heterocycles. The van der Waals surface area contributed by atoms with Gasteiger partial charge in [0.25, 0.3) is 5.91 Å². The third-order valence-electron chi connectivity index (χ3n) is 8.52. The Labute approximate surface area is 260 Å². The summed E-state index contributed by atoms with van der Waals surface area (Å²) in [5.74, 6) is -0.750. The molecule has 13 nitrogen and oxygen atoms in total. The van der Waals surface area contributed by atoms with Crippen LogP contribution < -0.4 is 10.2 Å². The molecule has 45 heavy (non-hydrogen) atoms. The number of nitrogens with one attached hydrogen (secondary N) is 1. The molecule has 242 valence electrons. The van der Waals surface area contributed by atoms with E-state index in [4.69, 9.17) is 14.6 Å². The molecule has 1 saturated carbocycles. The van der Waals surface area contributed by atoms with Gasteiger partial charge in [0.1, 0.15) is 29.5 Å². The molecule has 4 atom stereocenters. The summed E-state index contributed by atoms with van der Waals surface area (Å²) < 4.78 is 23.9. The van der Waals surface area contributed by atoms with Crippen LogP contribution in [0.4, 0.5) is 19.8 Å². The van der Waals surface area contributed by atoms with Crippen LogP contribution in [0.25, 0.3) is 11.4 Å². The van der Waals surface area contributed by atoms with Gasteiger partial charge in [0, 0.05) is 62.7 Å². The lowest BCUT2D eigenvalue weighted by molar-refractivity contribution is -0.136. The molecule has 14 heteroatoms. The molecule has 1 unspecified atom stereocenters. The summed E-state index contributed by atoms with van der Waals surface area (Å²) >= 11 is 0. The number of fused-ring (bicyclic) bond motifs is 1. The van der Waals surface area contributed by atoms with Gasteiger partial charge in [0.2, 0.25) is 5.91 Å². The SMILES string of the molecule is CCCCOC(=O)N1CCN(C(=O)[C@@H](NC(=O)c2cc(N3C[C@@H]4C(OC(=O)O)[C@@H]4C3)nc(-c3ccc(F)cc3)n2)C(C)C)CC1. The average Bonchev–Trinajstić information content (AvgIpc) is 3.43. The molecule has 1 aliphatic carbocycles. The van der Waals surface area contributed by atoms with Crippen molar-refractivity contribution in [2.24, 2.45) is 17.8 Å². The first-order valence-electron chi connectivity index (χ1n) is 15.4. The largest absolute Gasteiger partial charge is 0.506 e. The molecule has 2 aromatic rings. The van der Waals surface area contributed by atoms with E-state index >= 15 is 0 Å². The fourth-order valence-corrected chi connectivity index (χ4v) is 5.82. The number of piperazine rings is 1. The number of aromatic nitrogens is 2. The number of halogens is 1. The third-order valence-corrected chi connectivity index (χ3v) is 8.52. The Bertz CT molecular complexity index is 1400. The predicted octanol–water partition coefficient (Wildman–Crippen LogP) is 3.25. The number of amides is 3. The number of piperidine rings is 1. The van der Waals surface area contributed by atoms with Crippen molar-refractivity contribution in [1.29, 1.82) is 0 Å². The summed E-state index contributed by atoms with van der Waals surface area (Å²) in [6, 6.07) is 6.30. The number of unbranched alkanes of at least 4 members (excludes halogenated alkanes) is 1. The van der Waals surface area contributed by atoms with Gasteiger partial charge in [0.05, 0.1) is 6.61 Å². The zero-order valence-electron chi connectivity index (χ0n) is 25.6. The van der Waals surface area contributed by atoms with Crippen LogP contribution in [-0.4, -0.2) is 107 Å². The van der Waals surface area contributed by atoms with Crippen LogP contribution >= 0.6 is 0 Å². The Hall–Kier alpha value is -4.49. The number of hydrogen-bond donors (Lipinski definition) is 2. The normalized spacial score (nSPS) is 21.3. The van der Waals surface area contributed by atoms with Crippen molar-refractivity contribution in [1.82, 2.24) is 25.1 Å². The maximum absolute atomic E-state index is 13.7. The molecule has 0 bridgehead atoms. The van der Waals surface area contributed by atoms with Crippen LogP contribution in [0.15, 0.2) is 30.3 Å². The number of nitrogens with zero attached hydrogens (tertiary/aromatic N) is 5. The van der Waals surface area contributed by atoms with Gasteiger partial charge in [0.15, 0.2) is 5.82 Å². The lowest BCUT2D eigenvalue weighted by Crippen LogP contribution is -2.57. The number of ether oxygens (including phenoxy) is 2. The molecule has 1 aromatic heterocycles. The monoisotopic (exact) mass is 626 g/mol. The van der Waals surface area contributed by atoms with Gasteiger partial charge in [-0.1, -0.05) is 27.2 Å². The van der Waals surface area contributed by atoms with E-state index in [2.05, 4.69) is 15.3 Å². The fourth-order valence-electron chi connectivity index (χ4n) is 5.82. The second kappa shape index (κ2) is 13.7. The molecule has 3 fully saturated rings. The Morgan fingerprint density at radius 1 is 1.02 bits per heavy atom. The van der Waals surface area contributed by atoms with E-state index in [0.29, 0.717) is 57.3 Å². The average molecular weight is 627 g/mol. The Balaban J connectivity index is 1.29. The van der Waals surface area contributed by atoms with Gasteiger partial charge in [-0.05, 0) is 36.6 Å². The van der Waals surface area contributed by atoms with E-state index < -0.39 is 23.9 Å². The Morgan fingerprint density at radius 3 is 2.27 bits per heavy atom. The van der Waals surface area contributed by atoms with Crippen molar-refractivity contribution in [3.63, 3.8) is 0 Å². The van der Waals surface area contributed by atoms with Crippen molar-refractivity contribution in [2.75, 3.05) is 50.8 Å².